The molecule has 1 amide bonds. The van der Waals surface area contributed by atoms with Crippen LogP contribution in [0.25, 0.3) is 0 Å². The molecule has 3 atom stereocenters. The number of hydrogen-bond acceptors (Lipinski definition) is 6. The predicted molar refractivity (Wildman–Crippen MR) is 98.1 cm³/mol. The molecule has 2 fully saturated rings. The number of benzene rings is 1. The van der Waals surface area contributed by atoms with E-state index >= 15 is 0 Å². The zero-order chi connectivity index (χ0) is 19.4. The van der Waals surface area contributed by atoms with Gasteiger partial charge in [0.1, 0.15) is 12.8 Å². The van der Waals surface area contributed by atoms with Gasteiger partial charge < -0.3 is 24.1 Å². The summed E-state index contributed by atoms with van der Waals surface area (Å²) in [7, 11) is 0. The summed E-state index contributed by atoms with van der Waals surface area (Å²) in [5.74, 6) is 0. The number of aliphatic hydroxyl groups is 1. The first-order valence-corrected chi connectivity index (χ1v) is 9.45. The van der Waals surface area contributed by atoms with Crippen LogP contribution >= 0.6 is 0 Å². The highest BCUT2D eigenvalue weighted by Crippen LogP contribution is 2.33. The minimum atomic E-state index is -1.22. The standard InChI is InChI=1S/C20H29NO6/c1-14(2)27-19(22)21-13-26-18(16(21)11-15-7-5-4-6-8-15)20(3,23)12-17-24-9-10-25-17/h4-8,14,16-18,23H,9-13H2,1-3H3. The lowest BCUT2D eigenvalue weighted by atomic mass is 9.86. The largest absolute Gasteiger partial charge is 0.447 e. The van der Waals surface area contributed by atoms with E-state index in [9.17, 15) is 9.90 Å². The van der Waals surface area contributed by atoms with Crippen LogP contribution in [-0.4, -0.2) is 66.2 Å². The molecule has 2 saturated heterocycles. The SMILES string of the molecule is CC(C)OC(=O)N1COC(C(C)(O)CC2OCCO2)C1Cc1ccccc1. The number of carbonyl (C=O) groups is 1. The van der Waals surface area contributed by atoms with Gasteiger partial charge in [0.25, 0.3) is 0 Å². The molecule has 0 aliphatic carbocycles. The van der Waals surface area contributed by atoms with E-state index < -0.39 is 24.1 Å². The van der Waals surface area contributed by atoms with E-state index in [1.54, 1.807) is 11.8 Å². The Labute approximate surface area is 160 Å². The van der Waals surface area contributed by atoms with Crippen LogP contribution in [0.3, 0.4) is 0 Å². The summed E-state index contributed by atoms with van der Waals surface area (Å²) in [6, 6.07) is 9.50. The van der Waals surface area contributed by atoms with E-state index in [1.165, 1.54) is 0 Å². The summed E-state index contributed by atoms with van der Waals surface area (Å²) in [5.41, 5.74) is -0.161. The lowest BCUT2D eigenvalue weighted by Gasteiger charge is -2.35. The first kappa shape index (κ1) is 20.1. The van der Waals surface area contributed by atoms with Crippen molar-refractivity contribution in [3.8, 4) is 0 Å². The molecule has 0 aromatic heterocycles. The third-order valence-corrected chi connectivity index (χ3v) is 4.89. The minimum Gasteiger partial charge on any atom is -0.447 e. The normalized spacial score (nSPS) is 25.7. The maximum absolute atomic E-state index is 12.6. The highest BCUT2D eigenvalue weighted by atomic mass is 16.7. The van der Waals surface area contributed by atoms with Crippen molar-refractivity contribution in [2.75, 3.05) is 19.9 Å². The molecule has 2 aliphatic rings. The summed E-state index contributed by atoms with van der Waals surface area (Å²) >= 11 is 0. The molecule has 150 valence electrons. The zero-order valence-electron chi connectivity index (χ0n) is 16.2. The molecule has 1 N–H and O–H groups in total. The quantitative estimate of drug-likeness (QED) is 0.817. The summed E-state index contributed by atoms with van der Waals surface area (Å²) in [6.07, 6.45) is -0.868. The minimum absolute atomic E-state index is 0.0796. The molecular weight excluding hydrogens is 350 g/mol. The first-order valence-electron chi connectivity index (χ1n) is 9.45. The Balaban J connectivity index is 1.79. The van der Waals surface area contributed by atoms with Crippen molar-refractivity contribution in [1.82, 2.24) is 4.90 Å². The van der Waals surface area contributed by atoms with E-state index in [2.05, 4.69) is 0 Å². The zero-order valence-corrected chi connectivity index (χ0v) is 16.2. The number of ether oxygens (including phenoxy) is 4. The van der Waals surface area contributed by atoms with Crippen LogP contribution in [0.5, 0.6) is 0 Å². The van der Waals surface area contributed by atoms with Crippen LogP contribution < -0.4 is 0 Å². The van der Waals surface area contributed by atoms with Gasteiger partial charge in [-0.05, 0) is 32.8 Å². The Hall–Kier alpha value is -1.67. The Kier molecular flexibility index (Phi) is 6.37. The predicted octanol–water partition coefficient (Wildman–Crippen LogP) is 2.31. The van der Waals surface area contributed by atoms with E-state index in [0.717, 1.165) is 5.56 Å². The number of nitrogens with zero attached hydrogens (tertiary/aromatic N) is 1. The maximum Gasteiger partial charge on any atom is 0.412 e. The van der Waals surface area contributed by atoms with Gasteiger partial charge in [-0.2, -0.15) is 0 Å². The van der Waals surface area contributed by atoms with E-state index in [1.807, 2.05) is 44.2 Å². The van der Waals surface area contributed by atoms with Crippen LogP contribution in [0, 0.1) is 0 Å². The van der Waals surface area contributed by atoms with Gasteiger partial charge in [-0.25, -0.2) is 4.79 Å². The molecule has 27 heavy (non-hydrogen) atoms. The summed E-state index contributed by atoms with van der Waals surface area (Å²) in [5, 5.41) is 11.1. The number of hydrogen-bond donors (Lipinski definition) is 1. The third-order valence-electron chi connectivity index (χ3n) is 4.89. The van der Waals surface area contributed by atoms with Gasteiger partial charge >= 0.3 is 6.09 Å². The van der Waals surface area contributed by atoms with Gasteiger partial charge in [0.05, 0.1) is 31.0 Å². The monoisotopic (exact) mass is 379 g/mol. The number of carbonyl (C=O) groups excluding carboxylic acids is 1. The fraction of sp³-hybridized carbons (Fsp3) is 0.650. The fourth-order valence-corrected chi connectivity index (χ4v) is 3.63. The molecule has 0 saturated carbocycles. The topological polar surface area (TPSA) is 77.5 Å². The van der Waals surface area contributed by atoms with Crippen molar-refractivity contribution < 1.29 is 28.8 Å². The molecule has 7 heteroatoms. The average Bonchev–Trinajstić information content (AvgIpc) is 3.25. The van der Waals surface area contributed by atoms with Crippen LogP contribution in [0.2, 0.25) is 0 Å². The van der Waals surface area contributed by atoms with E-state index in [0.29, 0.717) is 19.6 Å². The second kappa shape index (κ2) is 8.56. The number of rotatable bonds is 6. The summed E-state index contributed by atoms with van der Waals surface area (Å²) in [6.45, 7) is 6.44. The van der Waals surface area contributed by atoms with Gasteiger partial charge in [-0.3, -0.25) is 4.90 Å². The van der Waals surface area contributed by atoms with Crippen molar-refractivity contribution in [2.45, 2.75) is 63.8 Å². The van der Waals surface area contributed by atoms with Crippen molar-refractivity contribution in [2.24, 2.45) is 0 Å². The molecule has 2 aliphatic heterocycles. The highest BCUT2D eigenvalue weighted by molar-refractivity contribution is 5.68. The molecule has 1 aromatic carbocycles. The molecule has 3 rings (SSSR count). The first-order chi connectivity index (χ1) is 12.9. The van der Waals surface area contributed by atoms with Crippen molar-refractivity contribution in [3.05, 3.63) is 35.9 Å². The van der Waals surface area contributed by atoms with E-state index in [4.69, 9.17) is 18.9 Å². The average molecular weight is 379 g/mol. The second-order valence-electron chi connectivity index (χ2n) is 7.61. The van der Waals surface area contributed by atoms with Crippen LogP contribution in [0.4, 0.5) is 4.79 Å². The molecule has 0 spiro atoms. The van der Waals surface area contributed by atoms with Crippen molar-refractivity contribution in [1.29, 1.82) is 0 Å². The number of amides is 1. The van der Waals surface area contributed by atoms with Gasteiger partial charge in [0.15, 0.2) is 6.29 Å². The van der Waals surface area contributed by atoms with Gasteiger partial charge in [-0.15, -0.1) is 0 Å². The summed E-state index contributed by atoms with van der Waals surface area (Å²) in [4.78, 5) is 14.1. The molecule has 0 radical (unpaired) electrons. The molecule has 7 nitrogen and oxygen atoms in total. The Morgan fingerprint density at radius 2 is 1.93 bits per heavy atom. The Morgan fingerprint density at radius 3 is 2.56 bits per heavy atom. The van der Waals surface area contributed by atoms with Crippen LogP contribution in [-0.2, 0) is 25.4 Å². The smallest absolute Gasteiger partial charge is 0.412 e. The molecule has 0 bridgehead atoms. The second-order valence-corrected chi connectivity index (χ2v) is 7.61. The molecule has 2 heterocycles. The van der Waals surface area contributed by atoms with E-state index in [-0.39, 0.29) is 25.3 Å². The van der Waals surface area contributed by atoms with Gasteiger partial charge in [-0.1, -0.05) is 30.3 Å². The fourth-order valence-electron chi connectivity index (χ4n) is 3.63. The van der Waals surface area contributed by atoms with Gasteiger partial charge in [0.2, 0.25) is 0 Å². The lowest BCUT2D eigenvalue weighted by molar-refractivity contribution is -0.141. The Bertz CT molecular complexity index is 614. The molecule has 3 unspecified atom stereocenters. The highest BCUT2D eigenvalue weighted by Gasteiger charge is 2.49. The third kappa shape index (κ3) is 4.99. The van der Waals surface area contributed by atoms with Crippen LogP contribution in [0.15, 0.2) is 30.3 Å². The van der Waals surface area contributed by atoms with Gasteiger partial charge in [0, 0.05) is 6.42 Å². The molecule has 1 aromatic rings. The molecular formula is C20H29NO6. The lowest BCUT2D eigenvalue weighted by Crippen LogP contribution is -2.52. The maximum atomic E-state index is 12.6. The van der Waals surface area contributed by atoms with Crippen LogP contribution in [0.1, 0.15) is 32.8 Å². The van der Waals surface area contributed by atoms with Crippen molar-refractivity contribution >= 4 is 6.09 Å². The Morgan fingerprint density at radius 1 is 1.26 bits per heavy atom. The summed E-state index contributed by atoms with van der Waals surface area (Å²) < 4.78 is 22.2. The van der Waals surface area contributed by atoms with Crippen molar-refractivity contribution in [3.63, 3.8) is 0 Å².